The summed E-state index contributed by atoms with van der Waals surface area (Å²) >= 11 is 0. The molecule has 7 heteroatoms. The van der Waals surface area contributed by atoms with Crippen LogP contribution in [-0.4, -0.2) is 39.5 Å². The zero-order valence-corrected chi connectivity index (χ0v) is 16.2. The molecular formula is C19H29N3O3S. The van der Waals surface area contributed by atoms with Gasteiger partial charge in [0, 0.05) is 25.0 Å². The molecule has 0 bridgehead atoms. The Bertz CT molecular complexity index is 748. The molecule has 1 fully saturated rings. The van der Waals surface area contributed by atoms with E-state index < -0.39 is 10.0 Å². The lowest BCUT2D eigenvalue weighted by Gasteiger charge is -2.30. The number of nitrogens with one attached hydrogen (secondary N) is 3. The molecule has 1 aliphatic carbocycles. The fourth-order valence-corrected chi connectivity index (χ4v) is 4.86. The quantitative estimate of drug-likeness (QED) is 0.699. The average Bonchev–Trinajstić information content (AvgIpc) is 2.63. The van der Waals surface area contributed by atoms with Gasteiger partial charge in [-0.15, -0.1) is 0 Å². The Morgan fingerprint density at radius 3 is 2.73 bits per heavy atom. The molecule has 0 spiro atoms. The first-order chi connectivity index (χ1) is 12.5. The van der Waals surface area contributed by atoms with Crippen molar-refractivity contribution in [1.29, 1.82) is 0 Å². The number of benzene rings is 1. The van der Waals surface area contributed by atoms with Gasteiger partial charge in [-0.25, -0.2) is 13.1 Å². The maximum atomic E-state index is 12.5. The van der Waals surface area contributed by atoms with Crippen molar-refractivity contribution < 1.29 is 13.2 Å². The molecule has 0 saturated carbocycles. The first-order valence-corrected chi connectivity index (χ1v) is 11.1. The molecule has 1 heterocycles. The minimum Gasteiger partial charge on any atom is -0.352 e. The smallest absolute Gasteiger partial charge is 0.240 e. The average molecular weight is 380 g/mol. The number of hydrogen-bond donors (Lipinski definition) is 3. The van der Waals surface area contributed by atoms with E-state index in [0.29, 0.717) is 4.90 Å². The highest BCUT2D eigenvalue weighted by atomic mass is 32.2. The van der Waals surface area contributed by atoms with Crippen molar-refractivity contribution in [2.45, 2.75) is 68.8 Å². The van der Waals surface area contributed by atoms with Gasteiger partial charge in [0.05, 0.1) is 4.90 Å². The van der Waals surface area contributed by atoms with Crippen LogP contribution in [0.4, 0.5) is 0 Å². The van der Waals surface area contributed by atoms with E-state index in [0.717, 1.165) is 44.2 Å². The summed E-state index contributed by atoms with van der Waals surface area (Å²) in [6.07, 6.45) is 6.39. The number of carbonyl (C=O) groups excluding carboxylic acids is 1. The van der Waals surface area contributed by atoms with Gasteiger partial charge in [-0.1, -0.05) is 6.07 Å². The van der Waals surface area contributed by atoms with Crippen LogP contribution in [0.1, 0.15) is 50.2 Å². The van der Waals surface area contributed by atoms with Crippen molar-refractivity contribution >= 4 is 15.9 Å². The summed E-state index contributed by atoms with van der Waals surface area (Å²) in [4.78, 5) is 12.4. The van der Waals surface area contributed by atoms with Gasteiger partial charge in [-0.2, -0.15) is 0 Å². The maximum Gasteiger partial charge on any atom is 0.240 e. The van der Waals surface area contributed by atoms with E-state index in [1.54, 1.807) is 12.1 Å². The standard InChI is InChI=1S/C19H29N3O3S/c1-14-18(7-4-11-20-14)22-19(23)10-12-21-26(24,25)17-9-8-15-5-2-3-6-16(15)13-17/h8-9,13-14,18,20-21H,2-7,10-12H2,1H3,(H,22,23). The number of piperidine rings is 1. The van der Waals surface area contributed by atoms with Crippen molar-refractivity contribution in [2.75, 3.05) is 13.1 Å². The maximum absolute atomic E-state index is 12.5. The number of sulfonamides is 1. The molecule has 1 saturated heterocycles. The predicted octanol–water partition coefficient (Wildman–Crippen LogP) is 1.49. The van der Waals surface area contributed by atoms with Gasteiger partial charge in [0.2, 0.25) is 15.9 Å². The molecule has 2 aliphatic rings. The van der Waals surface area contributed by atoms with E-state index in [4.69, 9.17) is 0 Å². The second-order valence-corrected chi connectivity index (χ2v) is 9.11. The Morgan fingerprint density at radius 1 is 1.19 bits per heavy atom. The number of hydrogen-bond acceptors (Lipinski definition) is 4. The highest BCUT2D eigenvalue weighted by molar-refractivity contribution is 7.89. The number of amides is 1. The Kier molecular flexibility index (Phi) is 6.32. The van der Waals surface area contributed by atoms with Crippen molar-refractivity contribution in [3.05, 3.63) is 29.3 Å². The zero-order valence-electron chi connectivity index (χ0n) is 15.4. The van der Waals surface area contributed by atoms with Gasteiger partial charge in [-0.3, -0.25) is 4.79 Å². The van der Waals surface area contributed by atoms with Crippen molar-refractivity contribution in [2.24, 2.45) is 0 Å². The molecule has 3 rings (SSSR count). The van der Waals surface area contributed by atoms with Crippen molar-refractivity contribution in [3.63, 3.8) is 0 Å². The minimum atomic E-state index is -3.58. The summed E-state index contributed by atoms with van der Waals surface area (Å²) in [5.74, 6) is -0.112. The van der Waals surface area contributed by atoms with Crippen LogP contribution in [0.25, 0.3) is 0 Å². The van der Waals surface area contributed by atoms with Gasteiger partial charge in [0.1, 0.15) is 0 Å². The number of rotatable bonds is 6. The van der Waals surface area contributed by atoms with E-state index in [1.807, 2.05) is 6.07 Å². The number of fused-ring (bicyclic) bond motifs is 1. The predicted molar refractivity (Wildman–Crippen MR) is 102 cm³/mol. The largest absolute Gasteiger partial charge is 0.352 e. The zero-order chi connectivity index (χ0) is 18.6. The lowest BCUT2D eigenvalue weighted by molar-refractivity contribution is -0.122. The van der Waals surface area contributed by atoms with Crippen molar-refractivity contribution in [3.8, 4) is 0 Å². The molecule has 1 aromatic carbocycles. The second-order valence-electron chi connectivity index (χ2n) is 7.34. The third kappa shape index (κ3) is 4.84. The van der Waals surface area contributed by atoms with Crippen LogP contribution in [0, 0.1) is 0 Å². The normalized spacial score (nSPS) is 23.3. The molecule has 1 amide bonds. The van der Waals surface area contributed by atoms with Crippen LogP contribution in [0.5, 0.6) is 0 Å². The van der Waals surface area contributed by atoms with Crippen LogP contribution in [0.2, 0.25) is 0 Å². The van der Waals surface area contributed by atoms with E-state index in [2.05, 4.69) is 22.3 Å². The van der Waals surface area contributed by atoms with E-state index in [9.17, 15) is 13.2 Å². The number of aryl methyl sites for hydroxylation is 2. The summed E-state index contributed by atoms with van der Waals surface area (Å²) in [6.45, 7) is 3.15. The molecular weight excluding hydrogens is 350 g/mol. The third-order valence-electron chi connectivity index (χ3n) is 5.38. The first kappa shape index (κ1) is 19.3. The molecule has 2 atom stereocenters. The van der Waals surface area contributed by atoms with Crippen LogP contribution >= 0.6 is 0 Å². The Hall–Kier alpha value is -1.44. The Balaban J connectivity index is 1.51. The fourth-order valence-electron chi connectivity index (χ4n) is 3.78. The molecule has 26 heavy (non-hydrogen) atoms. The van der Waals surface area contributed by atoms with E-state index in [-0.39, 0.29) is 31.0 Å². The van der Waals surface area contributed by atoms with Crippen LogP contribution < -0.4 is 15.4 Å². The monoisotopic (exact) mass is 379 g/mol. The topological polar surface area (TPSA) is 87.3 Å². The molecule has 3 N–H and O–H groups in total. The summed E-state index contributed by atoms with van der Waals surface area (Å²) in [7, 11) is -3.58. The summed E-state index contributed by atoms with van der Waals surface area (Å²) in [6, 6.07) is 5.75. The van der Waals surface area contributed by atoms with Gasteiger partial charge >= 0.3 is 0 Å². The highest BCUT2D eigenvalue weighted by Gasteiger charge is 2.23. The summed E-state index contributed by atoms with van der Waals surface area (Å²) in [5, 5.41) is 6.34. The molecule has 1 aliphatic heterocycles. The summed E-state index contributed by atoms with van der Waals surface area (Å²) < 4.78 is 27.5. The van der Waals surface area contributed by atoms with Crippen LogP contribution in [-0.2, 0) is 27.7 Å². The third-order valence-corrected chi connectivity index (χ3v) is 6.84. The first-order valence-electron chi connectivity index (χ1n) is 9.60. The second kappa shape index (κ2) is 8.50. The SMILES string of the molecule is CC1NCCCC1NC(=O)CCNS(=O)(=O)c1ccc2c(c1)CCCC2. The lowest BCUT2D eigenvalue weighted by atomic mass is 9.92. The molecule has 0 aromatic heterocycles. The van der Waals surface area contributed by atoms with Crippen LogP contribution in [0.15, 0.2) is 23.1 Å². The van der Waals surface area contributed by atoms with Crippen molar-refractivity contribution in [1.82, 2.24) is 15.4 Å². The fraction of sp³-hybridized carbons (Fsp3) is 0.632. The van der Waals surface area contributed by atoms with Gasteiger partial charge in [-0.05, 0) is 75.3 Å². The van der Waals surface area contributed by atoms with Gasteiger partial charge in [0.15, 0.2) is 0 Å². The Morgan fingerprint density at radius 2 is 1.96 bits per heavy atom. The number of carbonyl (C=O) groups is 1. The van der Waals surface area contributed by atoms with Gasteiger partial charge in [0.25, 0.3) is 0 Å². The lowest BCUT2D eigenvalue weighted by Crippen LogP contribution is -2.52. The molecule has 0 radical (unpaired) electrons. The molecule has 6 nitrogen and oxygen atoms in total. The minimum absolute atomic E-state index is 0.111. The highest BCUT2D eigenvalue weighted by Crippen LogP contribution is 2.24. The molecule has 2 unspecified atom stereocenters. The molecule has 1 aromatic rings. The van der Waals surface area contributed by atoms with Crippen LogP contribution in [0.3, 0.4) is 0 Å². The van der Waals surface area contributed by atoms with Gasteiger partial charge < -0.3 is 10.6 Å². The Labute approximate surface area is 156 Å². The van der Waals surface area contributed by atoms with E-state index in [1.165, 1.54) is 12.0 Å². The summed E-state index contributed by atoms with van der Waals surface area (Å²) in [5.41, 5.74) is 2.39. The van der Waals surface area contributed by atoms with E-state index >= 15 is 0 Å². The molecule has 144 valence electrons.